The highest BCUT2D eigenvalue weighted by atomic mass is 19.4. The van der Waals surface area contributed by atoms with Crippen molar-refractivity contribution in [1.82, 2.24) is 0 Å². The minimum atomic E-state index is -4.74. The first-order valence-corrected chi connectivity index (χ1v) is 9.60. The van der Waals surface area contributed by atoms with Crippen LogP contribution in [0.25, 0.3) is 0 Å². The Morgan fingerprint density at radius 3 is 2.26 bits per heavy atom. The van der Waals surface area contributed by atoms with Gasteiger partial charge in [-0.05, 0) is 60.4 Å². The van der Waals surface area contributed by atoms with Gasteiger partial charge in [-0.15, -0.1) is 0 Å². The lowest BCUT2D eigenvalue weighted by atomic mass is 10.0. The van der Waals surface area contributed by atoms with Gasteiger partial charge in [-0.1, -0.05) is 26.0 Å². The predicted octanol–water partition coefficient (Wildman–Crippen LogP) is 6.00. The van der Waals surface area contributed by atoms with Crippen molar-refractivity contribution in [3.05, 3.63) is 83.3 Å². The molecule has 0 atom stereocenters. The Labute approximate surface area is 177 Å². The van der Waals surface area contributed by atoms with Gasteiger partial charge in [0.1, 0.15) is 0 Å². The average molecular weight is 430 g/mol. The van der Waals surface area contributed by atoms with Crippen LogP contribution in [0.15, 0.2) is 65.3 Å². The summed E-state index contributed by atoms with van der Waals surface area (Å²) in [6, 6.07) is 12.8. The number of halogens is 3. The van der Waals surface area contributed by atoms with Gasteiger partial charge < -0.3 is 15.1 Å². The topological polar surface area (TPSA) is 71.3 Å². The maximum absolute atomic E-state index is 13.6. The van der Waals surface area contributed by atoms with Crippen LogP contribution >= 0.6 is 0 Å². The molecule has 3 rings (SSSR count). The largest absolute Gasteiger partial charge is 0.459 e. The quantitative estimate of drug-likeness (QED) is 0.504. The Morgan fingerprint density at radius 2 is 1.68 bits per heavy atom. The van der Waals surface area contributed by atoms with E-state index in [1.165, 1.54) is 24.5 Å². The lowest BCUT2D eigenvalue weighted by molar-refractivity contribution is -0.136. The Hall–Kier alpha value is -3.55. The van der Waals surface area contributed by atoms with Crippen LogP contribution in [0.1, 0.15) is 45.9 Å². The van der Waals surface area contributed by atoms with Gasteiger partial charge in [0, 0.05) is 11.3 Å². The van der Waals surface area contributed by atoms with Gasteiger partial charge in [0.25, 0.3) is 11.8 Å². The minimum absolute atomic E-state index is 0.0353. The lowest BCUT2D eigenvalue weighted by Gasteiger charge is -2.16. The van der Waals surface area contributed by atoms with E-state index in [0.29, 0.717) is 5.92 Å². The number of hydrogen-bond donors (Lipinski definition) is 2. The van der Waals surface area contributed by atoms with Crippen LogP contribution in [0.2, 0.25) is 0 Å². The first-order chi connectivity index (χ1) is 14.6. The lowest BCUT2D eigenvalue weighted by Crippen LogP contribution is -2.18. The number of furan rings is 1. The number of amides is 2. The first kappa shape index (κ1) is 22.1. The van der Waals surface area contributed by atoms with Crippen molar-refractivity contribution < 1.29 is 27.2 Å². The average Bonchev–Trinajstić information content (AvgIpc) is 3.23. The number of nitrogens with one attached hydrogen (secondary N) is 2. The van der Waals surface area contributed by atoms with Crippen molar-refractivity contribution >= 4 is 23.2 Å². The molecule has 0 aliphatic rings. The third kappa shape index (κ3) is 5.75. The van der Waals surface area contributed by atoms with E-state index in [9.17, 15) is 22.8 Å². The predicted molar refractivity (Wildman–Crippen MR) is 111 cm³/mol. The molecule has 8 heteroatoms. The van der Waals surface area contributed by atoms with Crippen LogP contribution in [-0.2, 0) is 12.6 Å². The van der Waals surface area contributed by atoms with E-state index in [0.717, 1.165) is 24.1 Å². The molecule has 31 heavy (non-hydrogen) atoms. The van der Waals surface area contributed by atoms with E-state index in [1.54, 1.807) is 24.3 Å². The first-order valence-electron chi connectivity index (χ1n) is 9.60. The summed E-state index contributed by atoms with van der Waals surface area (Å²) in [7, 11) is 0. The van der Waals surface area contributed by atoms with Gasteiger partial charge in [-0.3, -0.25) is 9.59 Å². The molecule has 0 aliphatic heterocycles. The monoisotopic (exact) mass is 430 g/mol. The van der Waals surface area contributed by atoms with Crippen molar-refractivity contribution in [2.75, 3.05) is 10.6 Å². The van der Waals surface area contributed by atoms with Gasteiger partial charge in [0.15, 0.2) is 5.76 Å². The molecule has 1 heterocycles. The highest BCUT2D eigenvalue weighted by Crippen LogP contribution is 2.37. The van der Waals surface area contributed by atoms with E-state index in [1.807, 2.05) is 0 Å². The van der Waals surface area contributed by atoms with Crippen molar-refractivity contribution in [3.8, 4) is 0 Å². The zero-order chi connectivity index (χ0) is 22.6. The van der Waals surface area contributed by atoms with Crippen molar-refractivity contribution in [1.29, 1.82) is 0 Å². The molecule has 2 N–H and O–H groups in total. The van der Waals surface area contributed by atoms with E-state index < -0.39 is 29.2 Å². The van der Waals surface area contributed by atoms with E-state index in [2.05, 4.69) is 24.5 Å². The molecule has 0 spiro atoms. The number of benzene rings is 2. The second-order valence-electron chi connectivity index (χ2n) is 7.44. The number of carbonyl (C=O) groups excluding carboxylic acids is 2. The van der Waals surface area contributed by atoms with Gasteiger partial charge in [0.05, 0.1) is 17.5 Å². The van der Waals surface area contributed by atoms with E-state index in [4.69, 9.17) is 4.42 Å². The Bertz CT molecular complexity index is 1060. The second-order valence-corrected chi connectivity index (χ2v) is 7.44. The molecule has 5 nitrogen and oxygen atoms in total. The zero-order valence-corrected chi connectivity index (χ0v) is 16.9. The molecule has 1 aromatic heterocycles. The highest BCUT2D eigenvalue weighted by Gasteiger charge is 2.34. The molecule has 2 amide bonds. The Morgan fingerprint density at radius 1 is 0.968 bits per heavy atom. The summed E-state index contributed by atoms with van der Waals surface area (Å²) in [4.78, 5) is 24.5. The van der Waals surface area contributed by atoms with Crippen LogP contribution in [0.5, 0.6) is 0 Å². The minimum Gasteiger partial charge on any atom is -0.459 e. The molecule has 0 unspecified atom stereocenters. The van der Waals surface area contributed by atoms with Crippen molar-refractivity contribution in [3.63, 3.8) is 0 Å². The SMILES string of the molecule is CC(C)Cc1ccc(C(=O)Nc2ccc(NC(=O)c3ccco3)cc2C(F)(F)F)cc1. The number of rotatable bonds is 6. The summed E-state index contributed by atoms with van der Waals surface area (Å²) in [5, 5.41) is 4.66. The van der Waals surface area contributed by atoms with Gasteiger partial charge in [-0.25, -0.2) is 0 Å². The van der Waals surface area contributed by atoms with E-state index >= 15 is 0 Å². The fourth-order valence-corrected chi connectivity index (χ4v) is 3.02. The van der Waals surface area contributed by atoms with Gasteiger partial charge >= 0.3 is 6.18 Å². The fourth-order valence-electron chi connectivity index (χ4n) is 3.02. The molecule has 2 aromatic carbocycles. The van der Waals surface area contributed by atoms with Crippen LogP contribution in [-0.4, -0.2) is 11.8 Å². The smallest absolute Gasteiger partial charge is 0.418 e. The molecule has 0 saturated carbocycles. The van der Waals surface area contributed by atoms with Crippen LogP contribution < -0.4 is 10.6 Å². The molecular weight excluding hydrogens is 409 g/mol. The molecular formula is C23H21F3N2O3. The van der Waals surface area contributed by atoms with Crippen molar-refractivity contribution in [2.45, 2.75) is 26.4 Å². The summed E-state index contributed by atoms with van der Waals surface area (Å²) >= 11 is 0. The highest BCUT2D eigenvalue weighted by molar-refractivity contribution is 6.05. The molecule has 0 bridgehead atoms. The third-order valence-corrected chi connectivity index (χ3v) is 4.44. The normalized spacial score (nSPS) is 11.4. The molecule has 0 fully saturated rings. The number of alkyl halides is 3. The zero-order valence-electron chi connectivity index (χ0n) is 16.9. The molecule has 0 radical (unpaired) electrons. The number of hydrogen-bond acceptors (Lipinski definition) is 3. The standard InChI is InChI=1S/C23H21F3N2O3/c1-14(2)12-15-5-7-16(8-6-15)21(29)28-19-10-9-17(13-18(19)23(24,25)26)27-22(30)20-4-3-11-31-20/h3-11,13-14H,12H2,1-2H3,(H,27,30)(H,28,29). The third-order valence-electron chi connectivity index (χ3n) is 4.44. The summed E-state index contributed by atoms with van der Waals surface area (Å²) in [6.45, 7) is 4.14. The fraction of sp³-hybridized carbons (Fsp3) is 0.217. The Balaban J connectivity index is 1.80. The maximum Gasteiger partial charge on any atom is 0.418 e. The van der Waals surface area contributed by atoms with Gasteiger partial charge in [-0.2, -0.15) is 13.2 Å². The second kappa shape index (κ2) is 9.07. The number of anilines is 2. The van der Waals surface area contributed by atoms with Crippen LogP contribution in [0.4, 0.5) is 24.5 Å². The summed E-state index contributed by atoms with van der Waals surface area (Å²) in [5.41, 5.74) is -0.269. The van der Waals surface area contributed by atoms with E-state index in [-0.39, 0.29) is 17.0 Å². The van der Waals surface area contributed by atoms with Crippen molar-refractivity contribution in [2.24, 2.45) is 5.92 Å². The number of carbonyl (C=O) groups is 2. The summed E-state index contributed by atoms with van der Waals surface area (Å²) in [6.07, 6.45) is -2.62. The Kier molecular flexibility index (Phi) is 6.48. The summed E-state index contributed by atoms with van der Waals surface area (Å²) in [5.74, 6) is -0.932. The van der Waals surface area contributed by atoms with Gasteiger partial charge in [0.2, 0.25) is 0 Å². The van der Waals surface area contributed by atoms with Crippen LogP contribution in [0.3, 0.4) is 0 Å². The molecule has 3 aromatic rings. The molecule has 0 saturated heterocycles. The molecule has 0 aliphatic carbocycles. The van der Waals surface area contributed by atoms with Crippen LogP contribution in [0, 0.1) is 5.92 Å². The summed E-state index contributed by atoms with van der Waals surface area (Å²) < 4.78 is 45.7. The molecule has 162 valence electrons. The maximum atomic E-state index is 13.6.